The molecule has 1 aliphatic rings. The zero-order chi connectivity index (χ0) is 16.6. The van der Waals surface area contributed by atoms with Gasteiger partial charge in [-0.2, -0.15) is 0 Å². The lowest BCUT2D eigenvalue weighted by Gasteiger charge is -2.27. The second kappa shape index (κ2) is 6.41. The number of aromatic nitrogens is 2. The van der Waals surface area contributed by atoms with E-state index in [1.807, 2.05) is 6.92 Å². The number of nitrogens with one attached hydrogen (secondary N) is 1. The van der Waals surface area contributed by atoms with E-state index in [0.717, 1.165) is 41.5 Å². The highest BCUT2D eigenvalue weighted by molar-refractivity contribution is 7.20. The number of carbonyl (C=O) groups is 1. The summed E-state index contributed by atoms with van der Waals surface area (Å²) >= 11 is 1.34. The highest BCUT2D eigenvalue weighted by Crippen LogP contribution is 2.32. The summed E-state index contributed by atoms with van der Waals surface area (Å²) < 4.78 is 0. The number of rotatable bonds is 3. The van der Waals surface area contributed by atoms with E-state index < -0.39 is 0 Å². The van der Waals surface area contributed by atoms with Gasteiger partial charge in [-0.15, -0.1) is 11.3 Å². The number of fused-ring (bicyclic) bond motifs is 1. The maximum Gasteiger partial charge on any atom is 0.261 e. The van der Waals surface area contributed by atoms with Crippen LogP contribution in [0.5, 0.6) is 0 Å². The van der Waals surface area contributed by atoms with Crippen LogP contribution in [0.1, 0.15) is 46.7 Å². The highest BCUT2D eigenvalue weighted by atomic mass is 32.1. The average Bonchev–Trinajstić information content (AvgIpc) is 2.83. The number of amides is 1. The molecule has 2 heterocycles. The summed E-state index contributed by atoms with van der Waals surface area (Å²) in [5, 5.41) is 13.7. The van der Waals surface area contributed by atoms with E-state index in [9.17, 15) is 9.90 Å². The van der Waals surface area contributed by atoms with Crippen LogP contribution in [-0.2, 0) is 0 Å². The van der Waals surface area contributed by atoms with Gasteiger partial charge in [0.1, 0.15) is 16.5 Å². The van der Waals surface area contributed by atoms with E-state index in [-0.39, 0.29) is 17.9 Å². The molecule has 7 heteroatoms. The van der Waals surface area contributed by atoms with Crippen LogP contribution in [-0.4, -0.2) is 33.6 Å². The zero-order valence-corrected chi connectivity index (χ0v) is 14.2. The fraction of sp³-hybridized carbons (Fsp3) is 0.562. The molecular weight excluding hydrogens is 312 g/mol. The number of nitrogen functional groups attached to an aromatic ring is 1. The van der Waals surface area contributed by atoms with Crippen molar-refractivity contribution in [3.8, 4) is 0 Å². The molecule has 2 unspecified atom stereocenters. The number of nitrogens with zero attached hydrogens (tertiary/aromatic N) is 2. The minimum atomic E-state index is -0.309. The fourth-order valence-electron chi connectivity index (χ4n) is 3.23. The van der Waals surface area contributed by atoms with Crippen molar-refractivity contribution in [1.29, 1.82) is 0 Å². The van der Waals surface area contributed by atoms with Gasteiger partial charge in [-0.25, -0.2) is 9.97 Å². The SMILES string of the molecule is Cc1nc(N)c2c(C)c(C(=O)NCC3CCCCC3O)sc2n1. The molecule has 0 aromatic carbocycles. The summed E-state index contributed by atoms with van der Waals surface area (Å²) in [6.07, 6.45) is 3.67. The van der Waals surface area contributed by atoms with Crippen molar-refractivity contribution in [3.63, 3.8) is 0 Å². The molecule has 2 aromatic rings. The quantitative estimate of drug-likeness (QED) is 0.798. The number of hydrogen-bond donors (Lipinski definition) is 3. The molecular formula is C16H22N4O2S. The number of aryl methyl sites for hydroxylation is 2. The van der Waals surface area contributed by atoms with Crippen LogP contribution < -0.4 is 11.1 Å². The molecule has 0 bridgehead atoms. The third kappa shape index (κ3) is 3.16. The molecule has 23 heavy (non-hydrogen) atoms. The Bertz CT molecular complexity index is 743. The van der Waals surface area contributed by atoms with Gasteiger partial charge in [-0.05, 0) is 32.3 Å². The highest BCUT2D eigenvalue weighted by Gasteiger charge is 2.25. The average molecular weight is 334 g/mol. The molecule has 1 fully saturated rings. The Hall–Kier alpha value is -1.73. The Morgan fingerprint density at radius 1 is 1.35 bits per heavy atom. The van der Waals surface area contributed by atoms with Crippen LogP contribution in [0.15, 0.2) is 0 Å². The zero-order valence-electron chi connectivity index (χ0n) is 13.4. The van der Waals surface area contributed by atoms with Crippen LogP contribution >= 0.6 is 11.3 Å². The molecule has 3 rings (SSSR count). The van der Waals surface area contributed by atoms with Gasteiger partial charge in [0.05, 0.1) is 16.4 Å². The minimum absolute atomic E-state index is 0.125. The molecule has 4 N–H and O–H groups in total. The lowest BCUT2D eigenvalue weighted by Crippen LogP contribution is -2.36. The van der Waals surface area contributed by atoms with Crippen molar-refractivity contribution in [2.45, 2.75) is 45.6 Å². The molecule has 0 saturated heterocycles. The fourth-order valence-corrected chi connectivity index (χ4v) is 4.38. The van der Waals surface area contributed by atoms with E-state index in [0.29, 0.717) is 23.1 Å². The molecule has 1 aliphatic carbocycles. The van der Waals surface area contributed by atoms with E-state index >= 15 is 0 Å². The van der Waals surface area contributed by atoms with Gasteiger partial charge in [0.15, 0.2) is 0 Å². The molecule has 0 aliphatic heterocycles. The predicted octanol–water partition coefficient (Wildman–Crippen LogP) is 2.17. The van der Waals surface area contributed by atoms with Gasteiger partial charge in [-0.3, -0.25) is 4.79 Å². The van der Waals surface area contributed by atoms with Crippen LogP contribution in [0.25, 0.3) is 10.2 Å². The monoisotopic (exact) mass is 334 g/mol. The number of hydrogen-bond acceptors (Lipinski definition) is 6. The molecule has 2 aromatic heterocycles. The molecule has 6 nitrogen and oxygen atoms in total. The van der Waals surface area contributed by atoms with Crippen LogP contribution in [0.4, 0.5) is 5.82 Å². The Morgan fingerprint density at radius 2 is 2.09 bits per heavy atom. The first-order chi connectivity index (χ1) is 11.0. The summed E-state index contributed by atoms with van der Waals surface area (Å²) in [6.45, 7) is 4.17. The van der Waals surface area contributed by atoms with Crippen LogP contribution in [0, 0.1) is 19.8 Å². The molecule has 1 saturated carbocycles. The predicted molar refractivity (Wildman–Crippen MR) is 91.6 cm³/mol. The lowest BCUT2D eigenvalue weighted by atomic mass is 9.86. The maximum absolute atomic E-state index is 12.5. The molecule has 1 amide bonds. The number of aliphatic hydroxyl groups excluding tert-OH is 1. The number of nitrogens with two attached hydrogens (primary N) is 1. The first-order valence-electron chi connectivity index (χ1n) is 7.97. The molecule has 0 radical (unpaired) electrons. The normalized spacial score (nSPS) is 21.5. The summed E-state index contributed by atoms with van der Waals surface area (Å²) in [6, 6.07) is 0. The van der Waals surface area contributed by atoms with Crippen molar-refractivity contribution >= 4 is 33.3 Å². The van der Waals surface area contributed by atoms with Gasteiger partial charge < -0.3 is 16.2 Å². The summed E-state index contributed by atoms with van der Waals surface area (Å²) in [5.41, 5.74) is 6.79. The Balaban J connectivity index is 1.78. The topological polar surface area (TPSA) is 101 Å². The number of anilines is 1. The van der Waals surface area contributed by atoms with E-state index in [1.54, 1.807) is 6.92 Å². The standard InChI is InChI=1S/C16H22N4O2S/c1-8-12-14(17)19-9(2)20-16(12)23-13(8)15(22)18-7-10-5-3-4-6-11(10)21/h10-11,21H,3-7H2,1-2H3,(H,18,22)(H2,17,19,20). The summed E-state index contributed by atoms with van der Waals surface area (Å²) in [7, 11) is 0. The largest absolute Gasteiger partial charge is 0.393 e. The Labute approximate surface area is 139 Å². The van der Waals surface area contributed by atoms with Crippen molar-refractivity contribution < 1.29 is 9.90 Å². The minimum Gasteiger partial charge on any atom is -0.393 e. The van der Waals surface area contributed by atoms with E-state index in [2.05, 4.69) is 15.3 Å². The van der Waals surface area contributed by atoms with E-state index in [4.69, 9.17) is 5.73 Å². The molecule has 0 spiro atoms. The lowest BCUT2D eigenvalue weighted by molar-refractivity contribution is 0.0664. The van der Waals surface area contributed by atoms with Gasteiger partial charge in [0, 0.05) is 12.5 Å². The first-order valence-corrected chi connectivity index (χ1v) is 8.78. The van der Waals surface area contributed by atoms with E-state index in [1.165, 1.54) is 11.3 Å². The van der Waals surface area contributed by atoms with Gasteiger partial charge in [-0.1, -0.05) is 12.8 Å². The Morgan fingerprint density at radius 3 is 2.83 bits per heavy atom. The van der Waals surface area contributed by atoms with Crippen molar-refractivity contribution in [3.05, 3.63) is 16.3 Å². The van der Waals surface area contributed by atoms with Gasteiger partial charge in [0.2, 0.25) is 0 Å². The first kappa shape index (κ1) is 16.1. The van der Waals surface area contributed by atoms with Gasteiger partial charge in [0.25, 0.3) is 5.91 Å². The number of thiophene rings is 1. The summed E-state index contributed by atoms with van der Waals surface area (Å²) in [4.78, 5) is 22.4. The second-order valence-electron chi connectivity index (χ2n) is 6.21. The summed E-state index contributed by atoms with van der Waals surface area (Å²) in [5.74, 6) is 1.05. The van der Waals surface area contributed by atoms with Crippen LogP contribution in [0.2, 0.25) is 0 Å². The van der Waals surface area contributed by atoms with Crippen molar-refractivity contribution in [1.82, 2.24) is 15.3 Å². The maximum atomic E-state index is 12.5. The third-order valence-corrected chi connectivity index (χ3v) is 5.71. The van der Waals surface area contributed by atoms with Crippen molar-refractivity contribution in [2.75, 3.05) is 12.3 Å². The molecule has 2 atom stereocenters. The van der Waals surface area contributed by atoms with Gasteiger partial charge >= 0.3 is 0 Å². The third-order valence-electron chi connectivity index (χ3n) is 4.53. The van der Waals surface area contributed by atoms with Crippen molar-refractivity contribution in [2.24, 2.45) is 5.92 Å². The number of carbonyl (C=O) groups excluding carboxylic acids is 1. The Kier molecular flexibility index (Phi) is 4.50. The smallest absolute Gasteiger partial charge is 0.261 e. The second-order valence-corrected chi connectivity index (χ2v) is 7.21. The van der Waals surface area contributed by atoms with Crippen LogP contribution in [0.3, 0.4) is 0 Å². The number of aliphatic hydroxyl groups is 1. The molecule has 124 valence electrons.